The van der Waals surface area contributed by atoms with Crippen LogP contribution in [-0.4, -0.2) is 58.9 Å². The van der Waals surface area contributed by atoms with Gasteiger partial charge in [-0.25, -0.2) is 4.57 Å². The maximum Gasteiger partial charge on any atom is 0.469 e. The van der Waals surface area contributed by atoms with Crippen molar-refractivity contribution < 1.29 is 33.8 Å². The van der Waals surface area contributed by atoms with Crippen molar-refractivity contribution in [2.45, 2.75) is 24.1 Å². The van der Waals surface area contributed by atoms with Gasteiger partial charge in [-0.15, -0.1) is 0 Å². The van der Waals surface area contributed by atoms with Crippen LogP contribution < -0.4 is 0 Å². The minimum absolute atomic E-state index is 0.0696. The third-order valence-electron chi connectivity index (χ3n) is 2.47. The van der Waals surface area contributed by atoms with E-state index in [0.29, 0.717) is 6.32 Å². The zero-order valence-corrected chi connectivity index (χ0v) is 9.13. The Morgan fingerprint density at radius 3 is 2.60 bits per heavy atom. The highest BCUT2D eigenvalue weighted by atomic mass is 31.2. The topological polar surface area (TPSA) is 116 Å². The van der Waals surface area contributed by atoms with Gasteiger partial charge in [-0.05, 0) is 6.32 Å². The van der Waals surface area contributed by atoms with Crippen LogP contribution in [0.3, 0.4) is 0 Å². The molecule has 1 saturated heterocycles. The van der Waals surface area contributed by atoms with Gasteiger partial charge in [-0.1, -0.05) is 0 Å². The van der Waals surface area contributed by atoms with Crippen molar-refractivity contribution in [2.24, 2.45) is 0 Å². The first-order valence-corrected chi connectivity index (χ1v) is 6.03. The number of phosphoric ester groups is 1. The van der Waals surface area contributed by atoms with E-state index in [9.17, 15) is 14.8 Å². The number of hydrogen-bond acceptors (Lipinski definition) is 5. The molecule has 0 bridgehead atoms. The van der Waals surface area contributed by atoms with Gasteiger partial charge >= 0.3 is 7.82 Å². The lowest BCUT2D eigenvalue weighted by Gasteiger charge is -2.24. The van der Waals surface area contributed by atoms with Crippen LogP contribution in [0.15, 0.2) is 0 Å². The fourth-order valence-corrected chi connectivity index (χ4v) is 1.74. The van der Waals surface area contributed by atoms with Crippen molar-refractivity contribution in [3.8, 4) is 0 Å². The summed E-state index contributed by atoms with van der Waals surface area (Å²) in [6, 6.07) is 0. The Labute approximate surface area is 87.7 Å². The zero-order valence-electron chi connectivity index (χ0n) is 8.24. The van der Waals surface area contributed by atoms with Crippen LogP contribution in [0.1, 0.15) is 0 Å². The van der Waals surface area contributed by atoms with Crippen molar-refractivity contribution >= 4 is 15.7 Å². The highest BCUT2D eigenvalue weighted by Gasteiger charge is 2.46. The molecule has 1 aliphatic rings. The number of hydrogen-bond donors (Lipinski definition) is 4. The molecule has 0 aromatic heterocycles. The van der Waals surface area contributed by atoms with Crippen LogP contribution in [0.4, 0.5) is 0 Å². The standard InChI is InChI=1S/C6H14BO7P/c7-2-6(9)3-13-4(5(6)8)1-14-15(10,11)12/h4-5,8-9H,1-3,7H2,(H2,10,11,12)/t4-,5?,6?/m1/s1. The Kier molecular flexibility index (Phi) is 3.94. The summed E-state index contributed by atoms with van der Waals surface area (Å²) < 4.78 is 19.6. The van der Waals surface area contributed by atoms with Gasteiger partial charge in [0.15, 0.2) is 0 Å². The van der Waals surface area contributed by atoms with Gasteiger partial charge in [0.2, 0.25) is 0 Å². The van der Waals surface area contributed by atoms with Crippen molar-refractivity contribution in [1.29, 1.82) is 0 Å². The Bertz CT molecular complexity index is 268. The van der Waals surface area contributed by atoms with Gasteiger partial charge in [-0.3, -0.25) is 4.52 Å². The number of aliphatic hydroxyl groups excluding tert-OH is 1. The summed E-state index contributed by atoms with van der Waals surface area (Å²) in [4.78, 5) is 16.9. The van der Waals surface area contributed by atoms with E-state index < -0.39 is 32.2 Å². The summed E-state index contributed by atoms with van der Waals surface area (Å²) in [5, 5.41) is 19.3. The van der Waals surface area contributed by atoms with Gasteiger partial charge in [0.05, 0.1) is 13.2 Å². The van der Waals surface area contributed by atoms with Crippen LogP contribution in [0.2, 0.25) is 6.32 Å². The first kappa shape index (κ1) is 13.1. The lowest BCUT2D eigenvalue weighted by atomic mass is 9.83. The Morgan fingerprint density at radius 2 is 2.20 bits per heavy atom. The molecule has 7 nitrogen and oxygen atoms in total. The fourth-order valence-electron chi connectivity index (χ4n) is 1.39. The maximum absolute atomic E-state index is 10.4. The molecular weight excluding hydrogens is 226 g/mol. The molecule has 0 amide bonds. The Balaban J connectivity index is 2.50. The lowest BCUT2D eigenvalue weighted by molar-refractivity contribution is -0.0426. The molecule has 0 saturated carbocycles. The van der Waals surface area contributed by atoms with Gasteiger partial charge < -0.3 is 24.7 Å². The minimum atomic E-state index is -4.57. The highest BCUT2D eigenvalue weighted by molar-refractivity contribution is 7.46. The van der Waals surface area contributed by atoms with E-state index in [1.54, 1.807) is 7.85 Å². The summed E-state index contributed by atoms with van der Waals surface area (Å²) in [5.41, 5.74) is -1.36. The van der Waals surface area contributed by atoms with Crippen molar-refractivity contribution in [2.75, 3.05) is 13.2 Å². The molecule has 0 radical (unpaired) electrons. The van der Waals surface area contributed by atoms with Gasteiger partial charge in [0.25, 0.3) is 0 Å². The second-order valence-corrected chi connectivity index (χ2v) is 4.78. The van der Waals surface area contributed by atoms with Crippen LogP contribution in [-0.2, 0) is 13.8 Å². The van der Waals surface area contributed by atoms with Gasteiger partial charge in [0.1, 0.15) is 25.7 Å². The zero-order chi connectivity index (χ0) is 11.7. The smallest absolute Gasteiger partial charge is 0.387 e. The molecule has 0 aromatic carbocycles. The number of aliphatic hydroxyl groups is 2. The first-order valence-electron chi connectivity index (χ1n) is 4.50. The maximum atomic E-state index is 10.4. The third-order valence-corrected chi connectivity index (χ3v) is 2.95. The van der Waals surface area contributed by atoms with E-state index >= 15 is 0 Å². The number of rotatable bonds is 4. The molecular formula is C6H14BO7P. The van der Waals surface area contributed by atoms with E-state index in [2.05, 4.69) is 4.52 Å². The highest BCUT2D eigenvalue weighted by Crippen LogP contribution is 2.37. The summed E-state index contributed by atoms with van der Waals surface area (Å²) in [7, 11) is -2.89. The molecule has 1 fully saturated rings. The normalized spacial score (nSPS) is 37.1. The molecule has 1 aliphatic heterocycles. The predicted octanol–water partition coefficient (Wildman–Crippen LogP) is -2.36. The van der Waals surface area contributed by atoms with E-state index in [-0.39, 0.29) is 6.61 Å². The molecule has 15 heavy (non-hydrogen) atoms. The number of phosphoric acid groups is 1. The molecule has 88 valence electrons. The molecule has 1 rings (SSSR count). The quantitative estimate of drug-likeness (QED) is 0.320. The predicted molar refractivity (Wildman–Crippen MR) is 52.0 cm³/mol. The Morgan fingerprint density at radius 1 is 1.60 bits per heavy atom. The van der Waals surface area contributed by atoms with Crippen molar-refractivity contribution in [3.63, 3.8) is 0 Å². The number of ether oxygens (including phenoxy) is 1. The van der Waals surface area contributed by atoms with Crippen molar-refractivity contribution in [1.82, 2.24) is 0 Å². The van der Waals surface area contributed by atoms with Crippen LogP contribution in [0.5, 0.6) is 0 Å². The lowest BCUT2D eigenvalue weighted by Crippen LogP contribution is -2.44. The SMILES string of the molecule is BCC1(O)CO[C@H](COP(=O)(O)O)C1O. The monoisotopic (exact) mass is 240 g/mol. The Hall–Kier alpha value is 0.0549. The molecule has 0 spiro atoms. The van der Waals surface area contributed by atoms with E-state index in [0.717, 1.165) is 0 Å². The fraction of sp³-hybridized carbons (Fsp3) is 1.00. The largest absolute Gasteiger partial charge is 0.469 e. The van der Waals surface area contributed by atoms with Gasteiger partial charge in [-0.2, -0.15) is 0 Å². The van der Waals surface area contributed by atoms with E-state index in [1.165, 1.54) is 0 Å². The molecule has 0 aromatic rings. The molecule has 1 heterocycles. The van der Waals surface area contributed by atoms with Crippen LogP contribution in [0.25, 0.3) is 0 Å². The molecule has 2 unspecified atom stereocenters. The van der Waals surface area contributed by atoms with Crippen molar-refractivity contribution in [3.05, 3.63) is 0 Å². The van der Waals surface area contributed by atoms with Crippen LogP contribution >= 0.6 is 7.82 Å². The molecule has 4 N–H and O–H groups in total. The molecule has 3 atom stereocenters. The molecule has 0 aliphatic carbocycles. The average molecular weight is 240 g/mol. The van der Waals surface area contributed by atoms with Crippen LogP contribution in [0, 0.1) is 0 Å². The summed E-state index contributed by atoms with van der Waals surface area (Å²) in [5.74, 6) is 0. The van der Waals surface area contributed by atoms with Gasteiger partial charge in [0, 0.05) is 0 Å². The average Bonchev–Trinajstić information content (AvgIpc) is 2.41. The molecule has 9 heteroatoms. The minimum Gasteiger partial charge on any atom is -0.387 e. The second kappa shape index (κ2) is 4.51. The third kappa shape index (κ3) is 3.25. The van der Waals surface area contributed by atoms with E-state index in [1.807, 2.05) is 0 Å². The summed E-state index contributed by atoms with van der Waals surface area (Å²) in [6.07, 6.45) is -1.82. The summed E-state index contributed by atoms with van der Waals surface area (Å²) >= 11 is 0. The first-order chi connectivity index (χ1) is 6.78. The van der Waals surface area contributed by atoms with E-state index in [4.69, 9.17) is 14.5 Å². The second-order valence-electron chi connectivity index (χ2n) is 3.54. The summed E-state index contributed by atoms with van der Waals surface area (Å²) in [6.45, 7) is -0.520.